The Morgan fingerprint density at radius 2 is 2.09 bits per heavy atom. The second kappa shape index (κ2) is 6.64. The van der Waals surface area contributed by atoms with Crippen molar-refractivity contribution >= 4 is 67.0 Å². The number of hydrogen-bond donors (Lipinski definition) is 1. The van der Waals surface area contributed by atoms with Crippen LogP contribution in [0.15, 0.2) is 6.07 Å². The smallest absolute Gasteiger partial charge is 0.259 e. The Kier molecular flexibility index (Phi) is 7.34. The summed E-state index contributed by atoms with van der Waals surface area (Å²) in [6.07, 6.45) is 0.967. The molecule has 0 aromatic heterocycles. The molecule has 0 saturated heterocycles. The Balaban J connectivity index is 3.95. The van der Waals surface area contributed by atoms with E-state index in [4.69, 9.17) is 0 Å². The monoisotopic (exact) mass is 443 g/mol. The van der Waals surface area contributed by atoms with Gasteiger partial charge in [-0.25, -0.2) is 0 Å². The van der Waals surface area contributed by atoms with Crippen LogP contribution >= 0.6 is 61.1 Å². The maximum atomic E-state index is 11.1. The zero-order valence-corrected chi connectivity index (χ0v) is 11.9. The van der Waals surface area contributed by atoms with Crippen LogP contribution in [0.1, 0.15) is 13.3 Å². The Labute approximate surface area is 102 Å². The molecule has 0 aromatic rings. The lowest BCUT2D eigenvalue weighted by molar-refractivity contribution is -0.116. The number of carbonyl (C=O) groups is 1. The molecule has 2 nitrogen and oxygen atoms in total. The highest BCUT2D eigenvalue weighted by atomic mass is 127. The highest BCUT2D eigenvalue weighted by molar-refractivity contribution is 14.1. The summed E-state index contributed by atoms with van der Waals surface area (Å²) in [4.78, 5) is 11.1. The number of rotatable bonds is 3. The van der Waals surface area contributed by atoms with Crippen LogP contribution in [0, 0.1) is 0 Å². The SMILES string of the molecule is CCCNC(=O)C(I)=C(Br)I. The maximum absolute atomic E-state index is 11.1. The minimum atomic E-state index is -0.00581. The number of amides is 1. The van der Waals surface area contributed by atoms with Crippen molar-refractivity contribution < 1.29 is 4.79 Å². The predicted molar refractivity (Wildman–Crippen MR) is 67.3 cm³/mol. The molecule has 0 rings (SSSR count). The van der Waals surface area contributed by atoms with E-state index in [-0.39, 0.29) is 5.91 Å². The van der Waals surface area contributed by atoms with Crippen molar-refractivity contribution in [1.29, 1.82) is 0 Å². The lowest BCUT2D eigenvalue weighted by Crippen LogP contribution is -2.23. The Morgan fingerprint density at radius 3 is 2.45 bits per heavy atom. The Hall–Kier alpha value is 1.15. The van der Waals surface area contributed by atoms with Crippen LogP contribution in [0.2, 0.25) is 0 Å². The fourth-order valence-electron chi connectivity index (χ4n) is 0.402. The Bertz CT molecular complexity index is 177. The second-order valence-corrected chi connectivity index (χ2v) is 6.26. The van der Waals surface area contributed by atoms with E-state index >= 15 is 0 Å². The molecule has 1 amide bonds. The summed E-state index contributed by atoms with van der Waals surface area (Å²) in [7, 11) is 0. The average Bonchev–Trinajstić information content (AvgIpc) is 1.98. The van der Waals surface area contributed by atoms with Crippen LogP contribution in [-0.4, -0.2) is 12.5 Å². The maximum Gasteiger partial charge on any atom is 0.259 e. The molecular weight excluding hydrogens is 436 g/mol. The molecule has 0 atom stereocenters. The summed E-state index contributed by atoms with van der Waals surface area (Å²) in [6.45, 7) is 2.76. The first kappa shape index (κ1) is 12.2. The third kappa shape index (κ3) is 5.40. The molecule has 5 heteroatoms. The van der Waals surface area contributed by atoms with E-state index in [0.29, 0.717) is 3.58 Å². The second-order valence-electron chi connectivity index (χ2n) is 1.83. The number of nitrogens with one attached hydrogen (secondary N) is 1. The largest absolute Gasteiger partial charge is 0.352 e. The average molecular weight is 444 g/mol. The van der Waals surface area contributed by atoms with Crippen LogP contribution in [0.3, 0.4) is 0 Å². The number of carbonyl (C=O) groups excluding carboxylic acids is 1. The van der Waals surface area contributed by atoms with Crippen molar-refractivity contribution in [3.05, 3.63) is 6.07 Å². The van der Waals surface area contributed by atoms with Crippen molar-refractivity contribution in [2.24, 2.45) is 0 Å². The van der Waals surface area contributed by atoms with Gasteiger partial charge in [0.05, 0.1) is 6.07 Å². The zero-order chi connectivity index (χ0) is 8.85. The van der Waals surface area contributed by atoms with E-state index in [1.54, 1.807) is 0 Å². The molecule has 64 valence electrons. The lowest BCUT2D eigenvalue weighted by Gasteiger charge is -2.01. The summed E-state index contributed by atoms with van der Waals surface area (Å²) in [5, 5.41) is 2.77. The minimum Gasteiger partial charge on any atom is -0.352 e. The third-order valence-corrected chi connectivity index (χ3v) is 4.64. The quantitative estimate of drug-likeness (QED) is 0.527. The van der Waals surface area contributed by atoms with Crippen molar-refractivity contribution in [2.45, 2.75) is 13.3 Å². The fraction of sp³-hybridized carbons (Fsp3) is 0.500. The van der Waals surface area contributed by atoms with Crippen LogP contribution in [0.5, 0.6) is 0 Å². The lowest BCUT2D eigenvalue weighted by atomic mass is 10.4. The molecule has 0 aromatic carbocycles. The van der Waals surface area contributed by atoms with Crippen molar-refractivity contribution in [3.63, 3.8) is 0 Å². The van der Waals surface area contributed by atoms with E-state index in [2.05, 4.69) is 43.8 Å². The first-order valence-corrected chi connectivity index (χ1v) is 6.03. The van der Waals surface area contributed by atoms with Gasteiger partial charge in [-0.05, 0) is 67.5 Å². The van der Waals surface area contributed by atoms with Crippen molar-refractivity contribution in [3.8, 4) is 0 Å². The summed E-state index contributed by atoms with van der Waals surface area (Å²) >= 11 is 7.30. The van der Waals surface area contributed by atoms with E-state index < -0.39 is 0 Å². The molecule has 0 aliphatic heterocycles. The van der Waals surface area contributed by atoms with Gasteiger partial charge in [-0.2, -0.15) is 0 Å². The molecule has 0 saturated carbocycles. The van der Waals surface area contributed by atoms with Gasteiger partial charge in [-0.15, -0.1) is 0 Å². The van der Waals surface area contributed by atoms with Crippen LogP contribution in [-0.2, 0) is 4.79 Å². The molecule has 0 aliphatic rings. The molecule has 0 fully saturated rings. The van der Waals surface area contributed by atoms with E-state index in [0.717, 1.165) is 15.5 Å². The van der Waals surface area contributed by atoms with Gasteiger partial charge in [-0.3, -0.25) is 4.79 Å². The molecule has 0 spiro atoms. The number of hydrogen-bond acceptors (Lipinski definition) is 1. The van der Waals surface area contributed by atoms with E-state index in [1.165, 1.54) is 0 Å². The number of halogens is 3. The Morgan fingerprint density at radius 1 is 1.55 bits per heavy atom. The summed E-state index contributed by atoms with van der Waals surface area (Å²) < 4.78 is 1.56. The topological polar surface area (TPSA) is 29.1 Å². The first-order chi connectivity index (χ1) is 5.09. The van der Waals surface area contributed by atoms with Gasteiger partial charge in [0.2, 0.25) is 0 Å². The minimum absolute atomic E-state index is 0.00581. The highest BCUT2D eigenvalue weighted by Crippen LogP contribution is 2.24. The zero-order valence-electron chi connectivity index (χ0n) is 5.96. The van der Waals surface area contributed by atoms with Crippen molar-refractivity contribution in [1.82, 2.24) is 5.32 Å². The molecular formula is C6H8BrI2NO. The molecule has 0 bridgehead atoms. The third-order valence-electron chi connectivity index (χ3n) is 0.901. The van der Waals surface area contributed by atoms with E-state index in [9.17, 15) is 4.79 Å². The summed E-state index contributed by atoms with van der Waals surface area (Å²) in [6, 6.07) is 0. The molecule has 0 radical (unpaired) electrons. The molecule has 0 heterocycles. The molecule has 0 unspecified atom stereocenters. The molecule has 11 heavy (non-hydrogen) atoms. The standard InChI is InChI=1S/C6H8BrI2NO/c1-2-3-10-6(11)4(8)5(7)9/h2-3H2,1H3,(H,10,11). The van der Waals surface area contributed by atoms with E-state index in [1.807, 2.05) is 29.5 Å². The molecule has 0 aliphatic carbocycles. The van der Waals surface area contributed by atoms with Gasteiger partial charge in [0.15, 0.2) is 0 Å². The van der Waals surface area contributed by atoms with Gasteiger partial charge in [-0.1, -0.05) is 6.92 Å². The van der Waals surface area contributed by atoms with Crippen LogP contribution in [0.25, 0.3) is 0 Å². The van der Waals surface area contributed by atoms with Gasteiger partial charge in [0.1, 0.15) is 0 Å². The van der Waals surface area contributed by atoms with Gasteiger partial charge in [0.25, 0.3) is 5.91 Å². The normalized spacial score (nSPS) is 12.4. The van der Waals surface area contributed by atoms with Gasteiger partial charge < -0.3 is 5.32 Å². The first-order valence-electron chi connectivity index (χ1n) is 3.08. The fourth-order valence-corrected chi connectivity index (χ4v) is 1.02. The summed E-state index contributed by atoms with van der Waals surface area (Å²) in [5.41, 5.74) is 0. The van der Waals surface area contributed by atoms with Gasteiger partial charge in [0, 0.05) is 6.54 Å². The van der Waals surface area contributed by atoms with Crippen LogP contribution < -0.4 is 5.32 Å². The molecule has 1 N–H and O–H groups in total. The summed E-state index contributed by atoms with van der Waals surface area (Å²) in [5.74, 6) is -0.00581. The van der Waals surface area contributed by atoms with Crippen molar-refractivity contribution in [2.75, 3.05) is 6.54 Å². The highest BCUT2D eigenvalue weighted by Gasteiger charge is 2.06. The van der Waals surface area contributed by atoms with Gasteiger partial charge >= 0.3 is 0 Å². The predicted octanol–water partition coefficient (Wildman–Crippen LogP) is 2.95. The van der Waals surface area contributed by atoms with Crippen LogP contribution in [0.4, 0.5) is 0 Å².